The van der Waals surface area contributed by atoms with Crippen LogP contribution in [-0.2, 0) is 13.0 Å². The molecule has 13 heavy (non-hydrogen) atoms. The van der Waals surface area contributed by atoms with E-state index in [1.54, 1.807) is 0 Å². The molecule has 0 saturated heterocycles. The summed E-state index contributed by atoms with van der Waals surface area (Å²) in [5.74, 6) is 3.29. The number of thioether (sulfide) groups is 1. The smallest absolute Gasteiger partial charge is 0.118 e. The minimum Gasteiger partial charge on any atom is -0.465 e. The maximum Gasteiger partial charge on any atom is 0.118 e. The highest BCUT2D eigenvalue weighted by Gasteiger charge is 2.02. The van der Waals surface area contributed by atoms with Gasteiger partial charge in [0.1, 0.15) is 11.5 Å². The normalized spacial score (nSPS) is 11.1. The van der Waals surface area contributed by atoms with Crippen molar-refractivity contribution in [3.63, 3.8) is 0 Å². The molecule has 1 aromatic rings. The average molecular weight is 199 g/mol. The van der Waals surface area contributed by atoms with Crippen LogP contribution in [0.5, 0.6) is 0 Å². The number of nitrogens with zero attached hydrogens (tertiary/aromatic N) is 1. The molecule has 3 heteroatoms. The monoisotopic (exact) mass is 199 g/mol. The first-order valence-electron chi connectivity index (χ1n) is 4.43. The molecule has 1 rings (SSSR count). The zero-order valence-electron chi connectivity index (χ0n) is 8.54. The van der Waals surface area contributed by atoms with Crippen LogP contribution in [0.25, 0.3) is 0 Å². The second-order valence-electron chi connectivity index (χ2n) is 3.35. The van der Waals surface area contributed by atoms with Crippen molar-refractivity contribution in [2.75, 3.05) is 26.1 Å². The van der Waals surface area contributed by atoms with Crippen LogP contribution in [0.15, 0.2) is 16.5 Å². The Morgan fingerprint density at radius 3 is 2.62 bits per heavy atom. The number of hydrogen-bond acceptors (Lipinski definition) is 3. The van der Waals surface area contributed by atoms with Gasteiger partial charge in [-0.15, -0.1) is 0 Å². The highest BCUT2D eigenvalue weighted by molar-refractivity contribution is 7.98. The third-order valence-corrected chi connectivity index (χ3v) is 2.35. The first-order valence-corrected chi connectivity index (χ1v) is 5.83. The fourth-order valence-corrected chi connectivity index (χ4v) is 1.56. The first-order chi connectivity index (χ1) is 6.22. The van der Waals surface area contributed by atoms with E-state index in [1.165, 1.54) is 0 Å². The lowest BCUT2D eigenvalue weighted by Gasteiger charge is -2.05. The summed E-state index contributed by atoms with van der Waals surface area (Å²) in [6.45, 7) is 0.888. The van der Waals surface area contributed by atoms with Crippen molar-refractivity contribution in [3.05, 3.63) is 23.7 Å². The second kappa shape index (κ2) is 5.35. The SMILES string of the molecule is CSCCc1ccc(CN(C)C)o1. The molecule has 0 amide bonds. The van der Waals surface area contributed by atoms with Crippen molar-refractivity contribution in [3.8, 4) is 0 Å². The summed E-state index contributed by atoms with van der Waals surface area (Å²) in [4.78, 5) is 2.11. The summed E-state index contributed by atoms with van der Waals surface area (Å²) in [7, 11) is 4.09. The van der Waals surface area contributed by atoms with Crippen molar-refractivity contribution < 1.29 is 4.42 Å². The van der Waals surface area contributed by atoms with Crippen LogP contribution < -0.4 is 0 Å². The van der Waals surface area contributed by atoms with E-state index in [1.807, 2.05) is 25.9 Å². The highest BCUT2D eigenvalue weighted by Crippen LogP contribution is 2.11. The Morgan fingerprint density at radius 2 is 2.00 bits per heavy atom. The molecular weight excluding hydrogens is 182 g/mol. The van der Waals surface area contributed by atoms with E-state index in [9.17, 15) is 0 Å². The molecule has 0 spiro atoms. The fraction of sp³-hybridized carbons (Fsp3) is 0.600. The molecule has 0 fully saturated rings. The summed E-state index contributed by atoms with van der Waals surface area (Å²) >= 11 is 1.85. The molecule has 74 valence electrons. The van der Waals surface area contributed by atoms with Crippen molar-refractivity contribution in [2.24, 2.45) is 0 Å². The maximum absolute atomic E-state index is 5.64. The van der Waals surface area contributed by atoms with E-state index >= 15 is 0 Å². The summed E-state index contributed by atoms with van der Waals surface area (Å²) < 4.78 is 5.64. The van der Waals surface area contributed by atoms with Crippen LogP contribution in [0.3, 0.4) is 0 Å². The number of furan rings is 1. The van der Waals surface area contributed by atoms with E-state index in [2.05, 4.69) is 23.3 Å². The molecule has 0 bridgehead atoms. The predicted molar refractivity (Wildman–Crippen MR) is 58.2 cm³/mol. The lowest BCUT2D eigenvalue weighted by Crippen LogP contribution is -2.09. The van der Waals surface area contributed by atoms with Crippen LogP contribution in [-0.4, -0.2) is 31.0 Å². The lowest BCUT2D eigenvalue weighted by molar-refractivity contribution is 0.342. The van der Waals surface area contributed by atoms with Crippen LogP contribution >= 0.6 is 11.8 Å². The minimum absolute atomic E-state index is 0.888. The number of aryl methyl sites for hydroxylation is 1. The van der Waals surface area contributed by atoms with Gasteiger partial charge in [0.05, 0.1) is 6.54 Å². The van der Waals surface area contributed by atoms with E-state index in [-0.39, 0.29) is 0 Å². The molecule has 0 saturated carbocycles. The van der Waals surface area contributed by atoms with E-state index in [0.29, 0.717) is 0 Å². The second-order valence-corrected chi connectivity index (χ2v) is 4.33. The summed E-state index contributed by atoms with van der Waals surface area (Å²) in [5.41, 5.74) is 0. The third-order valence-electron chi connectivity index (χ3n) is 1.74. The third kappa shape index (κ3) is 3.87. The van der Waals surface area contributed by atoms with Crippen molar-refractivity contribution in [2.45, 2.75) is 13.0 Å². The molecule has 0 aliphatic heterocycles. The van der Waals surface area contributed by atoms with Crippen LogP contribution in [0, 0.1) is 0 Å². The lowest BCUT2D eigenvalue weighted by atomic mass is 10.3. The molecule has 2 nitrogen and oxygen atoms in total. The molecule has 0 radical (unpaired) electrons. The van der Waals surface area contributed by atoms with Crippen molar-refractivity contribution in [1.29, 1.82) is 0 Å². The van der Waals surface area contributed by atoms with Gasteiger partial charge in [0.2, 0.25) is 0 Å². The van der Waals surface area contributed by atoms with E-state index in [4.69, 9.17) is 4.42 Å². The van der Waals surface area contributed by atoms with E-state index < -0.39 is 0 Å². The van der Waals surface area contributed by atoms with Crippen molar-refractivity contribution >= 4 is 11.8 Å². The van der Waals surface area contributed by atoms with Crippen LogP contribution in [0.4, 0.5) is 0 Å². The molecular formula is C10H17NOS. The van der Waals surface area contributed by atoms with Gasteiger partial charge in [0.15, 0.2) is 0 Å². The van der Waals surface area contributed by atoms with Gasteiger partial charge in [-0.2, -0.15) is 11.8 Å². The first kappa shape index (κ1) is 10.7. The van der Waals surface area contributed by atoms with Gasteiger partial charge in [-0.05, 0) is 32.5 Å². The van der Waals surface area contributed by atoms with Crippen LogP contribution in [0.2, 0.25) is 0 Å². The van der Waals surface area contributed by atoms with Crippen molar-refractivity contribution in [1.82, 2.24) is 4.90 Å². The predicted octanol–water partition coefficient (Wildman–Crippen LogP) is 2.25. The topological polar surface area (TPSA) is 16.4 Å². The summed E-state index contributed by atoms with van der Waals surface area (Å²) in [5, 5.41) is 0. The van der Waals surface area contributed by atoms with Gasteiger partial charge in [-0.1, -0.05) is 0 Å². The summed E-state index contributed by atoms with van der Waals surface area (Å²) in [6, 6.07) is 4.14. The summed E-state index contributed by atoms with van der Waals surface area (Å²) in [6.07, 6.45) is 3.15. The molecule has 0 atom stereocenters. The molecule has 0 aromatic carbocycles. The Bertz CT molecular complexity index is 245. The Hall–Kier alpha value is -0.410. The molecule has 0 N–H and O–H groups in total. The maximum atomic E-state index is 5.64. The molecule has 1 heterocycles. The quantitative estimate of drug-likeness (QED) is 0.723. The molecule has 1 aromatic heterocycles. The number of rotatable bonds is 5. The van der Waals surface area contributed by atoms with E-state index in [0.717, 1.165) is 30.2 Å². The van der Waals surface area contributed by atoms with Crippen LogP contribution in [0.1, 0.15) is 11.5 Å². The van der Waals surface area contributed by atoms with Gasteiger partial charge < -0.3 is 9.32 Å². The Labute approximate surface area is 84.3 Å². The largest absolute Gasteiger partial charge is 0.465 e. The Kier molecular flexibility index (Phi) is 4.39. The van der Waals surface area contributed by atoms with Gasteiger partial charge in [0, 0.05) is 12.2 Å². The highest BCUT2D eigenvalue weighted by atomic mass is 32.2. The molecule has 0 aliphatic carbocycles. The molecule has 0 unspecified atom stereocenters. The molecule has 0 aliphatic rings. The van der Waals surface area contributed by atoms with Gasteiger partial charge in [-0.3, -0.25) is 0 Å². The minimum atomic E-state index is 0.888. The zero-order valence-corrected chi connectivity index (χ0v) is 9.36. The Balaban J connectivity index is 2.44. The van der Waals surface area contributed by atoms with Gasteiger partial charge in [-0.25, -0.2) is 0 Å². The Morgan fingerprint density at radius 1 is 1.31 bits per heavy atom. The average Bonchev–Trinajstić information content (AvgIpc) is 2.48. The fourth-order valence-electron chi connectivity index (χ4n) is 1.16. The zero-order chi connectivity index (χ0) is 9.68. The number of hydrogen-bond donors (Lipinski definition) is 0. The standard InChI is InChI=1S/C10H17NOS/c1-11(2)8-10-5-4-9(12-10)6-7-13-3/h4-5H,6-8H2,1-3H3. The van der Waals surface area contributed by atoms with Gasteiger partial charge >= 0.3 is 0 Å². The van der Waals surface area contributed by atoms with Gasteiger partial charge in [0.25, 0.3) is 0 Å².